The molecule has 0 unspecified atom stereocenters. The van der Waals surface area contributed by atoms with Crippen molar-refractivity contribution in [2.45, 2.75) is 53.0 Å². The molecule has 0 aromatic heterocycles. The van der Waals surface area contributed by atoms with E-state index in [0.717, 1.165) is 37.2 Å². The molecule has 0 saturated carbocycles. The second kappa shape index (κ2) is 8.18. The summed E-state index contributed by atoms with van der Waals surface area (Å²) in [7, 11) is 0. The van der Waals surface area contributed by atoms with Gasteiger partial charge in [-0.15, -0.1) is 0 Å². The van der Waals surface area contributed by atoms with Gasteiger partial charge in [-0.1, -0.05) is 39.8 Å². The molecule has 0 aliphatic heterocycles. The number of ketones is 1. The Hall–Kier alpha value is -1.35. The summed E-state index contributed by atoms with van der Waals surface area (Å²) in [5.41, 5.74) is 0.338. The molecule has 0 amide bonds. The van der Waals surface area contributed by atoms with Crippen LogP contribution in [0.3, 0.4) is 0 Å². The minimum Gasteiger partial charge on any atom is -0.494 e. The van der Waals surface area contributed by atoms with Crippen molar-refractivity contribution in [3.63, 3.8) is 0 Å². The van der Waals surface area contributed by atoms with E-state index >= 15 is 0 Å². The van der Waals surface area contributed by atoms with Gasteiger partial charge in [0.2, 0.25) is 0 Å². The van der Waals surface area contributed by atoms with Crippen LogP contribution >= 0.6 is 0 Å². The van der Waals surface area contributed by atoms with Gasteiger partial charge in [-0.2, -0.15) is 0 Å². The number of benzene rings is 1. The Morgan fingerprint density at radius 3 is 2.19 bits per heavy atom. The molecule has 0 N–H and O–H groups in total. The Morgan fingerprint density at radius 2 is 1.71 bits per heavy atom. The average molecular weight is 291 g/mol. The molecule has 0 radical (unpaired) electrons. The molecule has 1 aromatic rings. The van der Waals surface area contributed by atoms with Crippen molar-refractivity contribution in [2.24, 2.45) is 0 Å². The maximum absolute atomic E-state index is 13.1. The van der Waals surface area contributed by atoms with E-state index in [9.17, 15) is 4.79 Å². The number of carbonyl (C=O) groups is 1. The van der Waals surface area contributed by atoms with Gasteiger partial charge >= 0.3 is 0 Å². The van der Waals surface area contributed by atoms with Crippen LogP contribution in [0.1, 0.15) is 57.8 Å². The summed E-state index contributed by atoms with van der Waals surface area (Å²) in [5.74, 6) is 0.974. The van der Waals surface area contributed by atoms with E-state index in [1.165, 1.54) is 0 Å². The molecule has 21 heavy (non-hydrogen) atoms. The molecule has 3 nitrogen and oxygen atoms in total. The highest BCUT2D eigenvalue weighted by molar-refractivity contribution is 6.03. The number of likely N-dealkylation sites (N-methyl/N-ethyl adjacent to an activating group) is 1. The fourth-order valence-electron chi connectivity index (χ4n) is 3.15. The zero-order valence-corrected chi connectivity index (χ0v) is 14.1. The van der Waals surface area contributed by atoms with Gasteiger partial charge in [-0.3, -0.25) is 9.69 Å². The number of Topliss-reactive ketones (excluding diaryl/α,β-unsaturated/α-hetero) is 1. The Bertz CT molecular complexity index is 448. The number of nitrogens with zero attached hydrogens (tertiary/aromatic N) is 1. The molecule has 0 aliphatic rings. The number of rotatable bonds is 9. The smallest absolute Gasteiger partial charge is 0.183 e. The van der Waals surface area contributed by atoms with Crippen molar-refractivity contribution in [1.82, 2.24) is 4.90 Å². The lowest BCUT2D eigenvalue weighted by Gasteiger charge is -2.41. The fraction of sp³-hybridized carbons (Fsp3) is 0.611. The minimum atomic E-state index is -0.408. The van der Waals surface area contributed by atoms with Crippen molar-refractivity contribution in [3.8, 4) is 5.75 Å². The molecule has 118 valence electrons. The number of hydrogen-bond acceptors (Lipinski definition) is 3. The highest BCUT2D eigenvalue weighted by atomic mass is 16.5. The second-order valence-electron chi connectivity index (χ2n) is 5.20. The summed E-state index contributed by atoms with van der Waals surface area (Å²) < 4.78 is 5.52. The van der Waals surface area contributed by atoms with E-state index in [1.807, 2.05) is 31.2 Å². The lowest BCUT2D eigenvalue weighted by atomic mass is 9.82. The van der Waals surface area contributed by atoms with E-state index in [2.05, 4.69) is 32.6 Å². The molecule has 0 fully saturated rings. The molecule has 0 atom stereocenters. The Kier molecular flexibility index (Phi) is 6.90. The zero-order chi connectivity index (χ0) is 15.9. The SMILES string of the molecule is CCOc1cccc(C(=O)C(CC)(CC)N(CC)CC)c1. The van der Waals surface area contributed by atoms with Gasteiger partial charge in [0.25, 0.3) is 0 Å². The molecule has 1 aromatic carbocycles. The van der Waals surface area contributed by atoms with Crippen LogP contribution in [0.2, 0.25) is 0 Å². The van der Waals surface area contributed by atoms with Crippen LogP contribution in [0.25, 0.3) is 0 Å². The molecule has 1 rings (SSSR count). The largest absolute Gasteiger partial charge is 0.494 e. The van der Waals surface area contributed by atoms with Crippen LogP contribution in [-0.2, 0) is 0 Å². The second-order valence-corrected chi connectivity index (χ2v) is 5.20. The van der Waals surface area contributed by atoms with Crippen LogP contribution in [0.4, 0.5) is 0 Å². The van der Waals surface area contributed by atoms with Crippen LogP contribution < -0.4 is 4.74 Å². The van der Waals surface area contributed by atoms with Gasteiger partial charge in [0, 0.05) is 5.56 Å². The van der Waals surface area contributed by atoms with Gasteiger partial charge in [-0.25, -0.2) is 0 Å². The first-order valence-corrected chi connectivity index (χ1v) is 8.12. The van der Waals surface area contributed by atoms with Crippen LogP contribution in [0.5, 0.6) is 5.75 Å². The maximum atomic E-state index is 13.1. The molecule has 0 heterocycles. The predicted molar refractivity (Wildman–Crippen MR) is 88.2 cm³/mol. The van der Waals surface area contributed by atoms with Gasteiger partial charge in [-0.05, 0) is 45.0 Å². The lowest BCUT2D eigenvalue weighted by Crippen LogP contribution is -2.53. The monoisotopic (exact) mass is 291 g/mol. The van der Waals surface area contributed by atoms with E-state index < -0.39 is 5.54 Å². The topological polar surface area (TPSA) is 29.5 Å². The van der Waals surface area contributed by atoms with E-state index in [4.69, 9.17) is 4.74 Å². The normalized spacial score (nSPS) is 11.7. The third-order valence-electron chi connectivity index (χ3n) is 4.37. The van der Waals surface area contributed by atoms with E-state index in [-0.39, 0.29) is 5.78 Å². The van der Waals surface area contributed by atoms with Crippen molar-refractivity contribution >= 4 is 5.78 Å². The summed E-state index contributed by atoms with van der Waals surface area (Å²) in [6, 6.07) is 7.57. The molecule has 0 bridgehead atoms. The molecule has 0 spiro atoms. The lowest BCUT2D eigenvalue weighted by molar-refractivity contribution is 0.0534. The highest BCUT2D eigenvalue weighted by Crippen LogP contribution is 2.29. The number of ether oxygens (including phenoxy) is 1. The maximum Gasteiger partial charge on any atom is 0.183 e. The first-order valence-electron chi connectivity index (χ1n) is 8.12. The van der Waals surface area contributed by atoms with E-state index in [0.29, 0.717) is 6.61 Å². The Labute approximate surface area is 129 Å². The van der Waals surface area contributed by atoms with Gasteiger partial charge in [0.05, 0.1) is 12.1 Å². The summed E-state index contributed by atoms with van der Waals surface area (Å²) in [6.45, 7) is 12.8. The summed E-state index contributed by atoms with van der Waals surface area (Å²) in [4.78, 5) is 15.4. The third-order valence-corrected chi connectivity index (χ3v) is 4.37. The van der Waals surface area contributed by atoms with Gasteiger partial charge < -0.3 is 4.74 Å². The first kappa shape index (κ1) is 17.7. The van der Waals surface area contributed by atoms with Crippen molar-refractivity contribution in [2.75, 3.05) is 19.7 Å². The minimum absolute atomic E-state index is 0.206. The molecular formula is C18H29NO2. The first-order chi connectivity index (χ1) is 10.1. The summed E-state index contributed by atoms with van der Waals surface area (Å²) in [6.07, 6.45) is 1.64. The van der Waals surface area contributed by atoms with E-state index in [1.54, 1.807) is 0 Å². The van der Waals surface area contributed by atoms with Crippen molar-refractivity contribution in [3.05, 3.63) is 29.8 Å². The summed E-state index contributed by atoms with van der Waals surface area (Å²) in [5, 5.41) is 0. The molecular weight excluding hydrogens is 262 g/mol. The molecule has 3 heteroatoms. The Balaban J connectivity index is 3.19. The van der Waals surface area contributed by atoms with Crippen LogP contribution in [0.15, 0.2) is 24.3 Å². The van der Waals surface area contributed by atoms with Crippen molar-refractivity contribution in [1.29, 1.82) is 0 Å². The zero-order valence-electron chi connectivity index (χ0n) is 14.1. The summed E-state index contributed by atoms with van der Waals surface area (Å²) >= 11 is 0. The molecule has 0 aliphatic carbocycles. The number of carbonyl (C=O) groups excluding carboxylic acids is 1. The Morgan fingerprint density at radius 1 is 1.10 bits per heavy atom. The van der Waals surface area contributed by atoms with Gasteiger partial charge in [0.1, 0.15) is 5.75 Å². The molecule has 0 saturated heterocycles. The highest BCUT2D eigenvalue weighted by Gasteiger charge is 2.39. The fourth-order valence-corrected chi connectivity index (χ4v) is 3.15. The quantitative estimate of drug-likeness (QED) is 0.640. The van der Waals surface area contributed by atoms with Crippen LogP contribution in [0, 0.1) is 0 Å². The number of hydrogen-bond donors (Lipinski definition) is 0. The van der Waals surface area contributed by atoms with Crippen molar-refractivity contribution < 1.29 is 9.53 Å². The van der Waals surface area contributed by atoms with Crippen LogP contribution in [-0.4, -0.2) is 35.9 Å². The standard InChI is InChI=1S/C18H29NO2/c1-6-18(7-2,19(8-3)9-4)17(20)15-12-11-13-16(14-15)21-10-5/h11-14H,6-10H2,1-5H3. The average Bonchev–Trinajstić information content (AvgIpc) is 2.52. The third kappa shape index (κ3) is 3.65. The van der Waals surface area contributed by atoms with Gasteiger partial charge in [0.15, 0.2) is 5.78 Å². The predicted octanol–water partition coefficient (Wildman–Crippen LogP) is 4.17.